The fraction of sp³-hybridized carbons (Fsp3) is 0.286. The second kappa shape index (κ2) is 2.85. The van der Waals surface area contributed by atoms with Gasteiger partial charge in [0.2, 0.25) is 0 Å². The first-order valence-corrected chi connectivity index (χ1v) is 4.22. The first-order valence-electron chi connectivity index (χ1n) is 3.78. The Balaban J connectivity index is 2.68. The molecule has 3 N–H and O–H groups in total. The van der Waals surface area contributed by atoms with Gasteiger partial charge in [-0.25, -0.2) is 15.0 Å². The van der Waals surface area contributed by atoms with Crippen LogP contribution in [0.1, 0.15) is 18.1 Å². The van der Waals surface area contributed by atoms with Crippen LogP contribution in [0.4, 0.5) is 5.82 Å². The highest BCUT2D eigenvalue weighted by Gasteiger charge is 2.10. The van der Waals surface area contributed by atoms with Crippen molar-refractivity contribution in [3.63, 3.8) is 0 Å². The number of rotatable bonds is 1. The third-order valence-electron chi connectivity index (χ3n) is 1.71. The zero-order chi connectivity index (χ0) is 9.42. The van der Waals surface area contributed by atoms with E-state index >= 15 is 0 Å². The predicted octanol–water partition coefficient (Wildman–Crippen LogP) is 1.23. The lowest BCUT2D eigenvalue weighted by atomic mass is 10.5. The quantitative estimate of drug-likeness (QED) is 0.674. The molecule has 0 spiro atoms. The zero-order valence-electron chi connectivity index (χ0n) is 6.95. The van der Waals surface area contributed by atoms with Crippen molar-refractivity contribution in [3.8, 4) is 0 Å². The molecule has 0 saturated carbocycles. The number of H-pyrrole nitrogens is 1. The molecule has 0 aliphatic carbocycles. The molecule has 0 bridgehead atoms. The largest absolute Gasteiger partial charge is 0.382 e. The third-order valence-corrected chi connectivity index (χ3v) is 1.92. The second-order valence-corrected chi connectivity index (χ2v) is 3.35. The predicted molar refractivity (Wildman–Crippen MR) is 50.4 cm³/mol. The van der Waals surface area contributed by atoms with E-state index in [1.807, 2.05) is 6.92 Å². The van der Waals surface area contributed by atoms with Crippen molar-refractivity contribution in [2.75, 3.05) is 5.73 Å². The maximum Gasteiger partial charge on any atom is 0.183 e. The van der Waals surface area contributed by atoms with Gasteiger partial charge >= 0.3 is 0 Å². The van der Waals surface area contributed by atoms with Gasteiger partial charge in [-0.15, -0.1) is 11.6 Å². The number of nitrogens with one attached hydrogen (secondary N) is 1. The second-order valence-electron chi connectivity index (χ2n) is 2.70. The van der Waals surface area contributed by atoms with Crippen molar-refractivity contribution in [2.45, 2.75) is 12.3 Å². The fourth-order valence-electron chi connectivity index (χ4n) is 1.05. The minimum absolute atomic E-state index is 0.186. The molecule has 2 heterocycles. The number of hydrogen-bond donors (Lipinski definition) is 2. The molecular formula is C7H8ClN5. The first kappa shape index (κ1) is 8.25. The van der Waals surface area contributed by atoms with Crippen molar-refractivity contribution in [1.29, 1.82) is 0 Å². The Labute approximate surface area is 79.4 Å². The van der Waals surface area contributed by atoms with E-state index in [0.29, 0.717) is 22.8 Å². The van der Waals surface area contributed by atoms with E-state index in [9.17, 15) is 0 Å². The number of anilines is 1. The maximum atomic E-state index is 5.84. The summed E-state index contributed by atoms with van der Waals surface area (Å²) >= 11 is 5.84. The van der Waals surface area contributed by atoms with E-state index < -0.39 is 0 Å². The Hall–Kier alpha value is -1.36. The summed E-state index contributed by atoms with van der Waals surface area (Å²) in [4.78, 5) is 14.9. The summed E-state index contributed by atoms with van der Waals surface area (Å²) in [5, 5.41) is -0.186. The van der Waals surface area contributed by atoms with Gasteiger partial charge < -0.3 is 10.7 Å². The highest BCUT2D eigenvalue weighted by Crippen LogP contribution is 2.20. The van der Waals surface area contributed by atoms with Crippen molar-refractivity contribution >= 4 is 28.6 Å². The van der Waals surface area contributed by atoms with E-state index in [2.05, 4.69) is 19.9 Å². The van der Waals surface area contributed by atoms with Gasteiger partial charge in [0, 0.05) is 0 Å². The zero-order valence-corrected chi connectivity index (χ0v) is 7.71. The number of fused-ring (bicyclic) bond motifs is 1. The summed E-state index contributed by atoms with van der Waals surface area (Å²) in [5.41, 5.74) is 6.80. The number of aromatic amines is 1. The Kier molecular flexibility index (Phi) is 1.81. The van der Waals surface area contributed by atoms with Gasteiger partial charge in [0.15, 0.2) is 11.5 Å². The van der Waals surface area contributed by atoms with E-state index in [1.54, 1.807) is 0 Å². The number of nitrogens with two attached hydrogens (primary N) is 1. The minimum atomic E-state index is -0.186. The highest BCUT2D eigenvalue weighted by atomic mass is 35.5. The maximum absolute atomic E-state index is 5.84. The number of alkyl halides is 1. The first-order chi connectivity index (χ1) is 6.18. The van der Waals surface area contributed by atoms with Crippen LogP contribution in [0, 0.1) is 0 Å². The summed E-state index contributed by atoms with van der Waals surface area (Å²) in [6.45, 7) is 1.82. The smallest absolute Gasteiger partial charge is 0.183 e. The number of aromatic nitrogens is 4. The Morgan fingerprint density at radius 3 is 2.92 bits per heavy atom. The molecule has 1 atom stereocenters. The molecule has 0 saturated heterocycles. The van der Waals surface area contributed by atoms with Crippen LogP contribution in [0.15, 0.2) is 6.33 Å². The third kappa shape index (κ3) is 1.31. The fourth-order valence-corrected chi connectivity index (χ4v) is 1.16. The molecule has 13 heavy (non-hydrogen) atoms. The Morgan fingerprint density at radius 1 is 1.54 bits per heavy atom. The van der Waals surface area contributed by atoms with Crippen molar-refractivity contribution in [1.82, 2.24) is 19.9 Å². The Morgan fingerprint density at radius 2 is 2.31 bits per heavy atom. The summed E-state index contributed by atoms with van der Waals surface area (Å²) in [6, 6.07) is 0. The van der Waals surface area contributed by atoms with Gasteiger partial charge in [0.25, 0.3) is 0 Å². The van der Waals surface area contributed by atoms with Gasteiger partial charge in [-0.1, -0.05) is 0 Å². The van der Waals surface area contributed by atoms with E-state index in [1.165, 1.54) is 6.33 Å². The molecular weight excluding hydrogens is 190 g/mol. The van der Waals surface area contributed by atoms with Crippen LogP contribution in [-0.4, -0.2) is 19.9 Å². The van der Waals surface area contributed by atoms with Crippen molar-refractivity contribution in [2.24, 2.45) is 0 Å². The molecule has 0 aliphatic rings. The van der Waals surface area contributed by atoms with Crippen LogP contribution in [-0.2, 0) is 0 Å². The lowest BCUT2D eigenvalue weighted by molar-refractivity contribution is 0.960. The van der Waals surface area contributed by atoms with Crippen LogP contribution in [0.3, 0.4) is 0 Å². The average Bonchev–Trinajstić information content (AvgIpc) is 2.49. The number of hydrogen-bond acceptors (Lipinski definition) is 4. The normalized spacial score (nSPS) is 13.4. The molecule has 2 rings (SSSR count). The minimum Gasteiger partial charge on any atom is -0.382 e. The Bertz CT molecular complexity index is 435. The van der Waals surface area contributed by atoms with Gasteiger partial charge in [-0.05, 0) is 6.92 Å². The standard InChI is InChI=1S/C7H8ClN5/c1-3(8)6-12-4-5(9)10-2-11-7(4)13-6/h2-3H,1H3,(H3,9,10,11,12,13). The molecule has 0 amide bonds. The van der Waals surface area contributed by atoms with Gasteiger partial charge in [0.1, 0.15) is 17.7 Å². The lowest BCUT2D eigenvalue weighted by Crippen LogP contribution is -1.92. The molecule has 0 aromatic carbocycles. The molecule has 0 fully saturated rings. The number of imidazole rings is 1. The van der Waals surface area contributed by atoms with Crippen LogP contribution < -0.4 is 5.73 Å². The molecule has 5 nitrogen and oxygen atoms in total. The summed E-state index contributed by atoms with van der Waals surface area (Å²) in [7, 11) is 0. The van der Waals surface area contributed by atoms with Crippen molar-refractivity contribution < 1.29 is 0 Å². The molecule has 0 aliphatic heterocycles. The monoisotopic (exact) mass is 197 g/mol. The van der Waals surface area contributed by atoms with Gasteiger partial charge in [0.05, 0.1) is 5.38 Å². The molecule has 1 unspecified atom stereocenters. The number of halogens is 1. The summed E-state index contributed by atoms with van der Waals surface area (Å²) in [5.74, 6) is 1.05. The van der Waals surface area contributed by atoms with Crippen LogP contribution in [0.2, 0.25) is 0 Å². The molecule has 2 aromatic heterocycles. The van der Waals surface area contributed by atoms with E-state index in [0.717, 1.165) is 0 Å². The number of nitrogen functional groups attached to an aromatic ring is 1. The average molecular weight is 198 g/mol. The van der Waals surface area contributed by atoms with Crippen LogP contribution in [0.5, 0.6) is 0 Å². The van der Waals surface area contributed by atoms with Gasteiger partial charge in [-0.2, -0.15) is 0 Å². The van der Waals surface area contributed by atoms with Gasteiger partial charge in [-0.3, -0.25) is 0 Å². The van der Waals surface area contributed by atoms with Crippen LogP contribution in [0.25, 0.3) is 11.2 Å². The summed E-state index contributed by atoms with van der Waals surface area (Å²) < 4.78 is 0. The van der Waals surface area contributed by atoms with Crippen molar-refractivity contribution in [3.05, 3.63) is 12.2 Å². The molecule has 0 radical (unpaired) electrons. The molecule has 2 aromatic rings. The van der Waals surface area contributed by atoms with Crippen LogP contribution >= 0.6 is 11.6 Å². The molecule has 68 valence electrons. The lowest BCUT2D eigenvalue weighted by Gasteiger charge is -1.93. The summed E-state index contributed by atoms with van der Waals surface area (Å²) in [6.07, 6.45) is 1.38. The highest BCUT2D eigenvalue weighted by molar-refractivity contribution is 6.20. The SMILES string of the molecule is CC(Cl)c1nc2ncnc(N)c2[nH]1. The van der Waals surface area contributed by atoms with E-state index in [4.69, 9.17) is 17.3 Å². The van der Waals surface area contributed by atoms with E-state index in [-0.39, 0.29) is 5.38 Å². The molecule has 6 heteroatoms. The number of nitrogens with zero attached hydrogens (tertiary/aromatic N) is 3. The topological polar surface area (TPSA) is 80.5 Å².